The molecule has 24 heavy (non-hydrogen) atoms. The second-order valence-electron chi connectivity index (χ2n) is 7.51. The standard InChI is InChI=1S/C19H31N3O2/c1-2-9-22(8-1)18(19-4-3-12-24-19)14-20-16-5-10-21(11-6-16)17-7-13-23-15-17/h3-4,12,16-18,20H,1-2,5-11,13-15H2. The van der Waals surface area contributed by atoms with Gasteiger partial charge in [-0.25, -0.2) is 0 Å². The van der Waals surface area contributed by atoms with E-state index in [9.17, 15) is 0 Å². The Hall–Kier alpha value is -0.880. The zero-order valence-electron chi connectivity index (χ0n) is 14.7. The van der Waals surface area contributed by atoms with E-state index < -0.39 is 0 Å². The van der Waals surface area contributed by atoms with Crippen LogP contribution in [-0.2, 0) is 4.74 Å². The molecular formula is C19H31N3O2. The van der Waals surface area contributed by atoms with E-state index in [1.165, 1.54) is 58.3 Å². The van der Waals surface area contributed by atoms with Crippen LogP contribution in [0.5, 0.6) is 0 Å². The molecule has 1 N–H and O–H groups in total. The van der Waals surface area contributed by atoms with Crippen LogP contribution in [0.3, 0.4) is 0 Å². The lowest BCUT2D eigenvalue weighted by atomic mass is 10.0. The highest BCUT2D eigenvalue weighted by molar-refractivity contribution is 5.06. The van der Waals surface area contributed by atoms with Crippen LogP contribution < -0.4 is 5.32 Å². The van der Waals surface area contributed by atoms with Crippen molar-refractivity contribution in [3.63, 3.8) is 0 Å². The summed E-state index contributed by atoms with van der Waals surface area (Å²) in [6.45, 7) is 7.71. The molecular weight excluding hydrogens is 302 g/mol. The van der Waals surface area contributed by atoms with Crippen molar-refractivity contribution in [1.82, 2.24) is 15.1 Å². The Morgan fingerprint density at radius 1 is 1.12 bits per heavy atom. The predicted octanol–water partition coefficient (Wildman–Crippen LogP) is 2.26. The largest absolute Gasteiger partial charge is 0.468 e. The molecule has 3 aliphatic rings. The van der Waals surface area contributed by atoms with E-state index in [4.69, 9.17) is 9.15 Å². The first-order valence-corrected chi connectivity index (χ1v) is 9.73. The monoisotopic (exact) mass is 333 g/mol. The van der Waals surface area contributed by atoms with Crippen LogP contribution in [0, 0.1) is 0 Å². The topological polar surface area (TPSA) is 40.9 Å². The van der Waals surface area contributed by atoms with Gasteiger partial charge in [0.2, 0.25) is 0 Å². The minimum Gasteiger partial charge on any atom is -0.468 e. The third-order valence-corrected chi connectivity index (χ3v) is 6.00. The summed E-state index contributed by atoms with van der Waals surface area (Å²) in [7, 11) is 0. The second kappa shape index (κ2) is 8.00. The van der Waals surface area contributed by atoms with Crippen molar-refractivity contribution in [1.29, 1.82) is 0 Å². The van der Waals surface area contributed by atoms with Crippen LogP contribution in [0.2, 0.25) is 0 Å². The maximum Gasteiger partial charge on any atom is 0.122 e. The maximum absolute atomic E-state index is 5.73. The molecule has 2 atom stereocenters. The first-order valence-electron chi connectivity index (χ1n) is 9.73. The molecule has 134 valence electrons. The molecule has 1 aromatic heterocycles. The number of furan rings is 1. The van der Waals surface area contributed by atoms with Crippen LogP contribution in [0.1, 0.15) is 43.9 Å². The maximum atomic E-state index is 5.73. The molecule has 4 rings (SSSR count). The smallest absolute Gasteiger partial charge is 0.122 e. The molecule has 0 bridgehead atoms. The third-order valence-electron chi connectivity index (χ3n) is 6.00. The van der Waals surface area contributed by atoms with Gasteiger partial charge >= 0.3 is 0 Å². The Kier molecular flexibility index (Phi) is 5.53. The minimum absolute atomic E-state index is 0.392. The van der Waals surface area contributed by atoms with Gasteiger partial charge in [-0.05, 0) is 57.3 Å². The number of likely N-dealkylation sites (tertiary alicyclic amines) is 2. The number of rotatable bonds is 6. The van der Waals surface area contributed by atoms with Gasteiger partial charge in [0, 0.05) is 38.3 Å². The molecule has 0 amide bonds. The van der Waals surface area contributed by atoms with Gasteiger partial charge < -0.3 is 14.5 Å². The summed E-state index contributed by atoms with van der Waals surface area (Å²) in [6, 6.07) is 5.85. The number of nitrogens with zero attached hydrogens (tertiary/aromatic N) is 2. The van der Waals surface area contributed by atoms with Gasteiger partial charge in [-0.1, -0.05) is 0 Å². The van der Waals surface area contributed by atoms with Gasteiger partial charge in [0.1, 0.15) is 5.76 Å². The van der Waals surface area contributed by atoms with Crippen LogP contribution in [0.4, 0.5) is 0 Å². The molecule has 4 heterocycles. The highest BCUT2D eigenvalue weighted by atomic mass is 16.5. The van der Waals surface area contributed by atoms with Gasteiger partial charge in [-0.2, -0.15) is 0 Å². The van der Waals surface area contributed by atoms with Crippen LogP contribution in [-0.4, -0.2) is 67.8 Å². The molecule has 0 spiro atoms. The average molecular weight is 333 g/mol. The Balaban J connectivity index is 1.27. The van der Waals surface area contributed by atoms with Gasteiger partial charge in [-0.3, -0.25) is 9.80 Å². The van der Waals surface area contributed by atoms with E-state index in [2.05, 4.69) is 21.2 Å². The number of nitrogens with one attached hydrogen (secondary N) is 1. The van der Waals surface area contributed by atoms with E-state index >= 15 is 0 Å². The fraction of sp³-hybridized carbons (Fsp3) is 0.789. The molecule has 5 heteroatoms. The first-order chi connectivity index (χ1) is 11.9. The second-order valence-corrected chi connectivity index (χ2v) is 7.51. The van der Waals surface area contributed by atoms with E-state index in [1.54, 1.807) is 6.26 Å². The summed E-state index contributed by atoms with van der Waals surface area (Å²) >= 11 is 0. The van der Waals surface area contributed by atoms with Crippen LogP contribution >= 0.6 is 0 Å². The Morgan fingerprint density at radius 2 is 1.96 bits per heavy atom. The Morgan fingerprint density at radius 3 is 2.62 bits per heavy atom. The molecule has 0 radical (unpaired) electrons. The van der Waals surface area contributed by atoms with Gasteiger partial charge in [-0.15, -0.1) is 0 Å². The normalized spacial score (nSPS) is 28.6. The van der Waals surface area contributed by atoms with Gasteiger partial charge in [0.05, 0.1) is 18.9 Å². The highest BCUT2D eigenvalue weighted by Gasteiger charge is 2.29. The number of hydrogen-bond acceptors (Lipinski definition) is 5. The van der Waals surface area contributed by atoms with Crippen molar-refractivity contribution in [2.24, 2.45) is 0 Å². The minimum atomic E-state index is 0.392. The van der Waals surface area contributed by atoms with Crippen molar-refractivity contribution >= 4 is 0 Å². The highest BCUT2D eigenvalue weighted by Crippen LogP contribution is 2.26. The van der Waals surface area contributed by atoms with Crippen molar-refractivity contribution < 1.29 is 9.15 Å². The fourth-order valence-electron chi connectivity index (χ4n) is 4.50. The lowest BCUT2D eigenvalue weighted by Gasteiger charge is -2.36. The molecule has 3 aliphatic heterocycles. The zero-order valence-corrected chi connectivity index (χ0v) is 14.7. The first kappa shape index (κ1) is 16.6. The molecule has 3 fully saturated rings. The molecule has 2 unspecified atom stereocenters. The molecule has 5 nitrogen and oxygen atoms in total. The van der Waals surface area contributed by atoms with Gasteiger partial charge in [0.25, 0.3) is 0 Å². The van der Waals surface area contributed by atoms with E-state index in [-0.39, 0.29) is 0 Å². The molecule has 3 saturated heterocycles. The average Bonchev–Trinajstić information content (AvgIpc) is 3.38. The number of hydrogen-bond donors (Lipinski definition) is 1. The number of ether oxygens (including phenoxy) is 1. The fourth-order valence-corrected chi connectivity index (χ4v) is 4.50. The molecule has 1 aromatic rings. The third kappa shape index (κ3) is 3.85. The van der Waals surface area contributed by atoms with Crippen LogP contribution in [0.15, 0.2) is 22.8 Å². The summed E-state index contributed by atoms with van der Waals surface area (Å²) in [5.74, 6) is 1.12. The van der Waals surface area contributed by atoms with Gasteiger partial charge in [0.15, 0.2) is 0 Å². The molecule has 0 aliphatic carbocycles. The Bertz CT molecular complexity index is 473. The summed E-state index contributed by atoms with van der Waals surface area (Å²) in [5, 5.41) is 3.84. The number of piperidine rings is 1. The predicted molar refractivity (Wildman–Crippen MR) is 94.1 cm³/mol. The summed E-state index contributed by atoms with van der Waals surface area (Å²) in [6.07, 6.45) is 8.16. The van der Waals surface area contributed by atoms with Crippen molar-refractivity contribution in [2.45, 2.75) is 50.2 Å². The Labute approximate surface area is 145 Å². The summed E-state index contributed by atoms with van der Waals surface area (Å²) in [4.78, 5) is 5.21. The van der Waals surface area contributed by atoms with Crippen molar-refractivity contribution in [3.8, 4) is 0 Å². The summed E-state index contributed by atoms with van der Waals surface area (Å²) < 4.78 is 11.3. The summed E-state index contributed by atoms with van der Waals surface area (Å²) in [5.41, 5.74) is 0. The lowest BCUT2D eigenvalue weighted by molar-refractivity contribution is 0.114. The van der Waals surface area contributed by atoms with Crippen LogP contribution in [0.25, 0.3) is 0 Å². The zero-order chi connectivity index (χ0) is 16.2. The van der Waals surface area contributed by atoms with Crippen molar-refractivity contribution in [3.05, 3.63) is 24.2 Å². The van der Waals surface area contributed by atoms with E-state index in [0.29, 0.717) is 18.1 Å². The molecule has 0 saturated carbocycles. The van der Waals surface area contributed by atoms with E-state index in [0.717, 1.165) is 25.5 Å². The quantitative estimate of drug-likeness (QED) is 0.865. The molecule has 0 aromatic carbocycles. The van der Waals surface area contributed by atoms with E-state index in [1.807, 2.05) is 6.07 Å². The lowest BCUT2D eigenvalue weighted by Crippen LogP contribution is -2.48. The SMILES string of the molecule is c1coc(C(CNC2CCN(C3CCOC3)CC2)N2CCCC2)c1. The van der Waals surface area contributed by atoms with Crippen molar-refractivity contribution in [2.75, 3.05) is 45.9 Å².